The third-order valence-electron chi connectivity index (χ3n) is 3.70. The fourth-order valence-electron chi connectivity index (χ4n) is 2.47. The smallest absolute Gasteiger partial charge is 0.216 e. The normalized spacial score (nSPS) is 9.56. The molecule has 0 radical (unpaired) electrons. The Morgan fingerprint density at radius 1 is 0.556 bits per heavy atom. The molecular formula is C22H22Cl2P2Zr. The van der Waals surface area contributed by atoms with Crippen LogP contribution in [0.15, 0.2) is 84.9 Å². The maximum absolute atomic E-state index is 2.20. The second-order valence-electron chi connectivity index (χ2n) is 5.68. The molecule has 4 rings (SSSR count). The number of aryl methyl sites for hydroxylation is 2. The van der Waals surface area contributed by atoms with Gasteiger partial charge in [-0.3, -0.25) is 0 Å². The monoisotopic (exact) mass is 508 g/mol. The van der Waals surface area contributed by atoms with E-state index in [-0.39, 0.29) is 51.0 Å². The molecule has 27 heavy (non-hydrogen) atoms. The summed E-state index contributed by atoms with van der Waals surface area (Å²) < 4.78 is 0. The van der Waals surface area contributed by atoms with E-state index in [1.165, 1.54) is 48.7 Å². The summed E-state index contributed by atoms with van der Waals surface area (Å²) in [4.78, 5) is 0. The van der Waals surface area contributed by atoms with Gasteiger partial charge < -0.3 is 0 Å². The van der Waals surface area contributed by atoms with Crippen molar-refractivity contribution in [2.45, 2.75) is 13.8 Å². The van der Waals surface area contributed by atoms with Crippen molar-refractivity contribution in [2.24, 2.45) is 0 Å². The largest absolute Gasteiger partial charge is 2.00 e. The van der Waals surface area contributed by atoms with Crippen molar-refractivity contribution in [3.05, 3.63) is 95.5 Å². The quantitative estimate of drug-likeness (QED) is 0.237. The molecule has 2 aromatic carbocycles. The fourth-order valence-corrected chi connectivity index (χ4v) is 4.38. The maximum Gasteiger partial charge on any atom is 2.00 e. The van der Waals surface area contributed by atoms with Gasteiger partial charge in [0.15, 0.2) is 0 Å². The Kier molecular flexibility index (Phi) is 13.3. The number of hydrogen-bond acceptors (Lipinski definition) is 0. The summed E-state index contributed by atoms with van der Waals surface area (Å²) in [6.07, 6.45) is 0. The molecule has 0 unspecified atom stereocenters. The van der Waals surface area contributed by atoms with Crippen LogP contribution in [0.2, 0.25) is 0 Å². The Bertz CT molecular complexity index is 811. The molecule has 0 N–H and O–H groups in total. The van der Waals surface area contributed by atoms with Crippen molar-refractivity contribution in [1.29, 1.82) is 0 Å². The molecule has 4 aromatic rings. The molecule has 0 fully saturated rings. The predicted octanol–water partition coefficient (Wildman–Crippen LogP) is 8.76. The van der Waals surface area contributed by atoms with Crippen molar-refractivity contribution in [1.82, 2.24) is 0 Å². The SMILES string of the molecule is C[c-]1ccc(-c2ccccc2)p1.C[c-]1ccc(-c2ccccc2)p1.Cl.Cl.[Zr+2]. The first-order valence-corrected chi connectivity index (χ1v) is 9.83. The Labute approximate surface area is 197 Å². The molecule has 0 saturated carbocycles. The summed E-state index contributed by atoms with van der Waals surface area (Å²) in [7, 11) is 2.71. The minimum atomic E-state index is 0. The number of rotatable bonds is 2. The van der Waals surface area contributed by atoms with Gasteiger partial charge >= 0.3 is 26.2 Å². The van der Waals surface area contributed by atoms with Crippen molar-refractivity contribution >= 4 is 41.2 Å². The first kappa shape index (κ1) is 26.5. The average molecular weight is 510 g/mol. The Balaban J connectivity index is 0.000000451. The van der Waals surface area contributed by atoms with Crippen LogP contribution >= 0.6 is 41.2 Å². The van der Waals surface area contributed by atoms with E-state index < -0.39 is 0 Å². The third-order valence-corrected chi connectivity index (χ3v) is 6.00. The van der Waals surface area contributed by atoms with Gasteiger partial charge in [0.2, 0.25) is 0 Å². The molecule has 0 nitrogen and oxygen atoms in total. The molecule has 0 bridgehead atoms. The Morgan fingerprint density at radius 2 is 0.889 bits per heavy atom. The zero-order valence-corrected chi connectivity index (χ0v) is 21.2. The van der Waals surface area contributed by atoms with E-state index in [0.29, 0.717) is 0 Å². The number of hydrogen-bond donors (Lipinski definition) is 0. The fraction of sp³-hybridized carbons (Fsp3) is 0.0909. The number of benzene rings is 2. The molecule has 2 aromatic heterocycles. The van der Waals surface area contributed by atoms with Crippen molar-refractivity contribution in [3.63, 3.8) is 0 Å². The second kappa shape index (κ2) is 13.6. The van der Waals surface area contributed by atoms with Crippen LogP contribution in [0.1, 0.15) is 10.6 Å². The van der Waals surface area contributed by atoms with Gasteiger partial charge in [-0.15, -0.1) is 46.0 Å². The maximum atomic E-state index is 2.20. The summed E-state index contributed by atoms with van der Waals surface area (Å²) in [6.45, 7) is 4.32. The molecule has 0 aliphatic heterocycles. The minimum absolute atomic E-state index is 0. The van der Waals surface area contributed by atoms with E-state index >= 15 is 0 Å². The molecule has 2 heterocycles. The average Bonchev–Trinajstić information content (AvgIpc) is 3.26. The molecule has 0 aliphatic rings. The van der Waals surface area contributed by atoms with Gasteiger partial charge in [0, 0.05) is 0 Å². The summed E-state index contributed by atoms with van der Waals surface area (Å²) in [6, 6.07) is 29.8. The van der Waals surface area contributed by atoms with Crippen LogP contribution in [-0.4, -0.2) is 0 Å². The van der Waals surface area contributed by atoms with Crippen LogP contribution in [0.25, 0.3) is 21.7 Å². The summed E-state index contributed by atoms with van der Waals surface area (Å²) >= 11 is 0. The first-order valence-electron chi connectivity index (χ1n) is 8.04. The summed E-state index contributed by atoms with van der Waals surface area (Å²) in [5, 5.41) is 5.67. The zero-order chi connectivity index (χ0) is 16.8. The van der Waals surface area contributed by atoms with Crippen LogP contribution in [0.3, 0.4) is 0 Å². The first-order chi connectivity index (χ1) is 11.7. The minimum Gasteiger partial charge on any atom is -0.216 e. The van der Waals surface area contributed by atoms with Crippen LogP contribution in [-0.2, 0) is 26.2 Å². The van der Waals surface area contributed by atoms with E-state index in [1.807, 2.05) is 0 Å². The van der Waals surface area contributed by atoms with E-state index in [2.05, 4.69) is 98.8 Å². The van der Waals surface area contributed by atoms with Crippen LogP contribution < -0.4 is 0 Å². The van der Waals surface area contributed by atoms with Crippen molar-refractivity contribution in [2.75, 3.05) is 0 Å². The predicted molar refractivity (Wildman–Crippen MR) is 124 cm³/mol. The molecular weight excluding hydrogens is 488 g/mol. The van der Waals surface area contributed by atoms with Gasteiger partial charge in [-0.25, -0.2) is 28.5 Å². The van der Waals surface area contributed by atoms with Crippen LogP contribution in [0.4, 0.5) is 0 Å². The van der Waals surface area contributed by atoms with Gasteiger partial charge in [-0.05, 0) is 0 Å². The molecule has 0 atom stereocenters. The molecule has 0 amide bonds. The second-order valence-corrected chi connectivity index (χ2v) is 8.50. The van der Waals surface area contributed by atoms with Gasteiger partial charge in [0.05, 0.1) is 0 Å². The third kappa shape index (κ3) is 8.15. The van der Waals surface area contributed by atoms with E-state index in [0.717, 1.165) is 0 Å². The standard InChI is InChI=1S/2C11H10P.2ClH.Zr/c2*1-9-7-8-11(12-9)10-5-3-2-4-6-10;;;/h2*2-8H,1H3;2*1H;/q2*-1;;;+2. The number of halogens is 2. The van der Waals surface area contributed by atoms with Gasteiger partial charge in [0.1, 0.15) is 0 Å². The van der Waals surface area contributed by atoms with Crippen molar-refractivity contribution < 1.29 is 26.2 Å². The topological polar surface area (TPSA) is 0 Å². The molecule has 5 heteroatoms. The van der Waals surface area contributed by atoms with E-state index in [1.54, 1.807) is 0 Å². The molecule has 0 spiro atoms. The Hall–Kier alpha value is -0.537. The van der Waals surface area contributed by atoms with Gasteiger partial charge in [-0.2, -0.15) is 12.1 Å². The molecule has 0 aliphatic carbocycles. The van der Waals surface area contributed by atoms with Gasteiger partial charge in [-0.1, -0.05) is 85.6 Å². The molecule has 0 saturated heterocycles. The molecule has 138 valence electrons. The summed E-state index contributed by atoms with van der Waals surface area (Å²) in [5.74, 6) is 0. The van der Waals surface area contributed by atoms with Crippen molar-refractivity contribution in [3.8, 4) is 21.7 Å². The van der Waals surface area contributed by atoms with Crippen LogP contribution in [0.5, 0.6) is 0 Å². The van der Waals surface area contributed by atoms with E-state index in [9.17, 15) is 0 Å². The zero-order valence-electron chi connectivity index (χ0n) is 15.3. The van der Waals surface area contributed by atoms with Crippen LogP contribution in [0, 0.1) is 13.8 Å². The summed E-state index contributed by atoms with van der Waals surface area (Å²) in [5.41, 5.74) is 2.68. The van der Waals surface area contributed by atoms with E-state index in [4.69, 9.17) is 0 Å². The van der Waals surface area contributed by atoms with Gasteiger partial charge in [0.25, 0.3) is 0 Å². The Morgan fingerprint density at radius 3 is 1.15 bits per heavy atom.